The van der Waals surface area contributed by atoms with Crippen LogP contribution >= 0.6 is 11.8 Å². The van der Waals surface area contributed by atoms with Gasteiger partial charge in [-0.25, -0.2) is 9.97 Å². The van der Waals surface area contributed by atoms with Crippen molar-refractivity contribution in [1.29, 1.82) is 5.26 Å². The van der Waals surface area contributed by atoms with E-state index in [1.54, 1.807) is 24.5 Å². The molecule has 4 nitrogen and oxygen atoms in total. The van der Waals surface area contributed by atoms with Crippen molar-refractivity contribution in [2.45, 2.75) is 17.0 Å². The Morgan fingerprint density at radius 1 is 1.29 bits per heavy atom. The van der Waals surface area contributed by atoms with Gasteiger partial charge in [0.1, 0.15) is 6.07 Å². The van der Waals surface area contributed by atoms with Crippen molar-refractivity contribution in [3.8, 4) is 6.07 Å². The molecule has 2 rings (SSSR count). The van der Waals surface area contributed by atoms with E-state index in [4.69, 9.17) is 11.0 Å². The lowest BCUT2D eigenvalue weighted by Crippen LogP contribution is -1.91. The van der Waals surface area contributed by atoms with Crippen LogP contribution in [-0.2, 0) is 0 Å². The molecule has 0 radical (unpaired) electrons. The summed E-state index contributed by atoms with van der Waals surface area (Å²) in [5.41, 5.74) is 7.63. The maximum atomic E-state index is 8.87. The van der Waals surface area contributed by atoms with Gasteiger partial charge in [0.25, 0.3) is 0 Å². The SMILES string of the molecule is Cc1cnc(Sc2ccc(N)c(C#N)c2)nc1. The molecule has 1 aromatic carbocycles. The van der Waals surface area contributed by atoms with E-state index in [0.717, 1.165) is 10.5 Å². The van der Waals surface area contributed by atoms with Gasteiger partial charge in [-0.15, -0.1) is 0 Å². The van der Waals surface area contributed by atoms with E-state index in [9.17, 15) is 0 Å². The van der Waals surface area contributed by atoms with Gasteiger partial charge in [0.05, 0.1) is 5.56 Å². The highest BCUT2D eigenvalue weighted by Crippen LogP contribution is 2.26. The minimum absolute atomic E-state index is 0.474. The number of nitrogens with two attached hydrogens (primary N) is 1. The second kappa shape index (κ2) is 4.85. The Morgan fingerprint density at radius 2 is 2.00 bits per heavy atom. The number of anilines is 1. The Balaban J connectivity index is 2.25. The van der Waals surface area contributed by atoms with Crippen molar-refractivity contribution >= 4 is 17.4 Å². The highest BCUT2D eigenvalue weighted by Gasteiger charge is 2.03. The van der Waals surface area contributed by atoms with Gasteiger partial charge in [0.2, 0.25) is 0 Å². The fourth-order valence-corrected chi connectivity index (χ4v) is 1.97. The molecule has 0 saturated carbocycles. The maximum Gasteiger partial charge on any atom is 0.192 e. The molecule has 0 atom stereocenters. The van der Waals surface area contributed by atoms with Crippen LogP contribution in [-0.4, -0.2) is 9.97 Å². The number of rotatable bonds is 2. The van der Waals surface area contributed by atoms with Gasteiger partial charge in [-0.3, -0.25) is 0 Å². The van der Waals surface area contributed by atoms with Gasteiger partial charge < -0.3 is 5.73 Å². The van der Waals surface area contributed by atoms with Crippen LogP contribution in [0.15, 0.2) is 40.6 Å². The van der Waals surface area contributed by atoms with Crippen LogP contribution in [0, 0.1) is 18.3 Å². The highest BCUT2D eigenvalue weighted by atomic mass is 32.2. The molecule has 0 aliphatic heterocycles. The fourth-order valence-electron chi connectivity index (χ4n) is 1.23. The Kier molecular flexibility index (Phi) is 3.26. The summed E-state index contributed by atoms with van der Waals surface area (Å²) < 4.78 is 0. The summed E-state index contributed by atoms with van der Waals surface area (Å²) in [4.78, 5) is 9.28. The summed E-state index contributed by atoms with van der Waals surface area (Å²) in [5.74, 6) is 0. The van der Waals surface area contributed by atoms with E-state index >= 15 is 0 Å². The monoisotopic (exact) mass is 242 g/mol. The molecule has 0 aliphatic rings. The van der Waals surface area contributed by atoms with Gasteiger partial charge in [0, 0.05) is 23.0 Å². The van der Waals surface area contributed by atoms with Crippen LogP contribution in [0.4, 0.5) is 5.69 Å². The minimum Gasteiger partial charge on any atom is -0.398 e. The normalized spacial score (nSPS) is 9.88. The van der Waals surface area contributed by atoms with E-state index in [0.29, 0.717) is 16.4 Å². The Bertz CT molecular complexity index is 572. The summed E-state index contributed by atoms with van der Waals surface area (Å²) >= 11 is 1.41. The van der Waals surface area contributed by atoms with Gasteiger partial charge in [-0.05, 0) is 42.4 Å². The Hall–Kier alpha value is -2.06. The second-order valence-electron chi connectivity index (χ2n) is 3.51. The molecule has 0 aliphatic carbocycles. The second-order valence-corrected chi connectivity index (χ2v) is 4.55. The molecule has 0 spiro atoms. The number of nitrogen functional groups attached to an aromatic ring is 1. The molecule has 84 valence electrons. The average molecular weight is 242 g/mol. The summed E-state index contributed by atoms with van der Waals surface area (Å²) in [5, 5.41) is 9.53. The zero-order chi connectivity index (χ0) is 12.3. The number of aromatic nitrogens is 2. The van der Waals surface area contributed by atoms with Gasteiger partial charge in [-0.1, -0.05) is 0 Å². The van der Waals surface area contributed by atoms with Crippen molar-refractivity contribution in [3.05, 3.63) is 41.7 Å². The first-order chi connectivity index (χ1) is 8.19. The third kappa shape index (κ3) is 2.74. The molecule has 0 fully saturated rings. The predicted octanol–water partition coefficient (Wildman–Crippen LogP) is 2.39. The summed E-state index contributed by atoms with van der Waals surface area (Å²) in [6.07, 6.45) is 3.52. The number of aryl methyl sites for hydroxylation is 1. The number of hydrogen-bond donors (Lipinski definition) is 1. The first-order valence-electron chi connectivity index (χ1n) is 4.95. The topological polar surface area (TPSA) is 75.6 Å². The fraction of sp³-hybridized carbons (Fsp3) is 0.0833. The molecule has 5 heteroatoms. The van der Waals surface area contributed by atoms with E-state index in [-0.39, 0.29) is 0 Å². The summed E-state index contributed by atoms with van der Waals surface area (Å²) in [7, 11) is 0. The van der Waals surface area contributed by atoms with Crippen LogP contribution in [0.1, 0.15) is 11.1 Å². The van der Waals surface area contributed by atoms with Crippen molar-refractivity contribution in [2.75, 3.05) is 5.73 Å². The van der Waals surface area contributed by atoms with Gasteiger partial charge in [0.15, 0.2) is 5.16 Å². The summed E-state index contributed by atoms with van der Waals surface area (Å²) in [6.45, 7) is 1.94. The standard InChI is InChI=1S/C12H10N4S/c1-8-6-15-12(16-7-8)17-10-2-3-11(14)9(4-10)5-13/h2-4,6-7H,14H2,1H3. The zero-order valence-corrected chi connectivity index (χ0v) is 10.0. The third-order valence-corrected chi connectivity index (χ3v) is 2.99. The van der Waals surface area contributed by atoms with E-state index in [1.807, 2.05) is 13.0 Å². The minimum atomic E-state index is 0.474. The molecule has 2 aromatic rings. The lowest BCUT2D eigenvalue weighted by molar-refractivity contribution is 0.950. The Morgan fingerprint density at radius 3 is 2.65 bits per heavy atom. The first-order valence-corrected chi connectivity index (χ1v) is 5.77. The number of nitriles is 1. The van der Waals surface area contributed by atoms with Crippen LogP contribution in [0.3, 0.4) is 0 Å². The third-order valence-electron chi connectivity index (χ3n) is 2.11. The smallest absolute Gasteiger partial charge is 0.192 e. The van der Waals surface area contributed by atoms with E-state index in [2.05, 4.69) is 16.0 Å². The lowest BCUT2D eigenvalue weighted by Gasteiger charge is -2.02. The molecule has 1 aromatic heterocycles. The first kappa shape index (κ1) is 11.4. The van der Waals surface area contributed by atoms with Crippen LogP contribution in [0.25, 0.3) is 0 Å². The van der Waals surface area contributed by atoms with Crippen LogP contribution < -0.4 is 5.73 Å². The molecule has 0 saturated heterocycles. The highest BCUT2D eigenvalue weighted by molar-refractivity contribution is 7.99. The average Bonchev–Trinajstić information content (AvgIpc) is 2.34. The van der Waals surface area contributed by atoms with Crippen LogP contribution in [0.2, 0.25) is 0 Å². The number of hydrogen-bond acceptors (Lipinski definition) is 5. The van der Waals surface area contributed by atoms with Crippen molar-refractivity contribution in [3.63, 3.8) is 0 Å². The molecular formula is C12H10N4S. The predicted molar refractivity (Wildman–Crippen MR) is 66.5 cm³/mol. The van der Waals surface area contributed by atoms with E-state index in [1.165, 1.54) is 11.8 Å². The maximum absolute atomic E-state index is 8.87. The lowest BCUT2D eigenvalue weighted by atomic mass is 10.2. The Labute approximate surface area is 104 Å². The molecule has 1 heterocycles. The quantitative estimate of drug-likeness (QED) is 0.646. The molecule has 17 heavy (non-hydrogen) atoms. The van der Waals surface area contributed by atoms with Crippen molar-refractivity contribution in [2.24, 2.45) is 0 Å². The van der Waals surface area contributed by atoms with Gasteiger partial charge >= 0.3 is 0 Å². The number of benzene rings is 1. The largest absolute Gasteiger partial charge is 0.398 e. The zero-order valence-electron chi connectivity index (χ0n) is 9.21. The number of nitrogens with zero attached hydrogens (tertiary/aromatic N) is 3. The van der Waals surface area contributed by atoms with Crippen LogP contribution in [0.5, 0.6) is 0 Å². The molecule has 0 bridgehead atoms. The molecule has 0 amide bonds. The van der Waals surface area contributed by atoms with Gasteiger partial charge in [-0.2, -0.15) is 5.26 Å². The molecule has 2 N–H and O–H groups in total. The molecular weight excluding hydrogens is 232 g/mol. The van der Waals surface area contributed by atoms with Crippen molar-refractivity contribution in [1.82, 2.24) is 9.97 Å². The van der Waals surface area contributed by atoms with E-state index < -0.39 is 0 Å². The van der Waals surface area contributed by atoms with Crippen molar-refractivity contribution < 1.29 is 0 Å². The molecule has 0 unspecified atom stereocenters. The summed E-state index contributed by atoms with van der Waals surface area (Å²) in [6, 6.07) is 7.36.